The van der Waals surface area contributed by atoms with Gasteiger partial charge in [0.1, 0.15) is 5.82 Å². The first-order valence-electron chi connectivity index (χ1n) is 7.56. The molecule has 0 bridgehead atoms. The van der Waals surface area contributed by atoms with Gasteiger partial charge in [0.15, 0.2) is 0 Å². The van der Waals surface area contributed by atoms with Gasteiger partial charge in [0.25, 0.3) is 5.91 Å². The van der Waals surface area contributed by atoms with Crippen molar-refractivity contribution in [3.05, 3.63) is 64.4 Å². The average Bonchev–Trinajstić information content (AvgIpc) is 3.01. The van der Waals surface area contributed by atoms with Crippen LogP contribution in [0.15, 0.2) is 42.6 Å². The van der Waals surface area contributed by atoms with E-state index in [1.807, 2.05) is 24.3 Å². The third kappa shape index (κ3) is 2.55. The van der Waals surface area contributed by atoms with Crippen molar-refractivity contribution in [3.63, 3.8) is 0 Å². The summed E-state index contributed by atoms with van der Waals surface area (Å²) in [5.41, 5.74) is 3.54. The number of hydrogen-bond acceptors (Lipinski definition) is 3. The number of aromatic nitrogens is 2. The molecule has 2 aromatic heterocycles. The lowest BCUT2D eigenvalue weighted by atomic mass is 10.0. The summed E-state index contributed by atoms with van der Waals surface area (Å²) in [6.07, 6.45) is 4.46. The third-order valence-electron chi connectivity index (χ3n) is 4.11. The fourth-order valence-electron chi connectivity index (χ4n) is 3.11. The van der Waals surface area contributed by atoms with Gasteiger partial charge in [-0.25, -0.2) is 4.98 Å². The van der Waals surface area contributed by atoms with E-state index in [-0.39, 0.29) is 5.91 Å². The molecule has 4 rings (SSSR count). The van der Waals surface area contributed by atoms with Crippen LogP contribution in [0, 0.1) is 0 Å². The molecular formula is C18H14ClN3O. The van der Waals surface area contributed by atoms with Crippen molar-refractivity contribution in [2.45, 2.75) is 19.3 Å². The zero-order chi connectivity index (χ0) is 15.8. The molecule has 23 heavy (non-hydrogen) atoms. The zero-order valence-corrected chi connectivity index (χ0v) is 13.1. The molecule has 0 spiro atoms. The van der Waals surface area contributed by atoms with Gasteiger partial charge in [0.2, 0.25) is 0 Å². The van der Waals surface area contributed by atoms with E-state index in [2.05, 4.69) is 10.3 Å². The van der Waals surface area contributed by atoms with Crippen molar-refractivity contribution in [2.24, 2.45) is 0 Å². The maximum Gasteiger partial charge on any atom is 0.257 e. The first-order chi connectivity index (χ1) is 11.2. The van der Waals surface area contributed by atoms with Crippen LogP contribution in [0.5, 0.6) is 0 Å². The number of nitrogens with one attached hydrogen (secondary N) is 1. The van der Waals surface area contributed by atoms with Gasteiger partial charge in [-0.2, -0.15) is 0 Å². The van der Waals surface area contributed by atoms with E-state index in [4.69, 9.17) is 16.6 Å². The minimum atomic E-state index is -0.156. The molecule has 1 aliphatic rings. The second-order valence-corrected chi connectivity index (χ2v) is 6.03. The molecule has 0 saturated heterocycles. The van der Waals surface area contributed by atoms with Crippen LogP contribution < -0.4 is 5.32 Å². The highest BCUT2D eigenvalue weighted by Crippen LogP contribution is 2.31. The zero-order valence-electron chi connectivity index (χ0n) is 12.3. The number of aryl methyl sites for hydroxylation is 1. The summed E-state index contributed by atoms with van der Waals surface area (Å²) in [7, 11) is 0. The number of carbonyl (C=O) groups is 1. The highest BCUT2D eigenvalue weighted by Gasteiger charge is 2.24. The molecule has 4 nitrogen and oxygen atoms in total. The smallest absolute Gasteiger partial charge is 0.257 e. The lowest BCUT2D eigenvalue weighted by Gasteiger charge is -2.12. The van der Waals surface area contributed by atoms with E-state index in [0.29, 0.717) is 16.4 Å². The van der Waals surface area contributed by atoms with Gasteiger partial charge >= 0.3 is 0 Å². The Hall–Kier alpha value is -2.46. The summed E-state index contributed by atoms with van der Waals surface area (Å²) in [5, 5.41) is 4.28. The number of anilines is 1. The molecule has 3 aromatic rings. The van der Waals surface area contributed by atoms with Crippen molar-refractivity contribution >= 4 is 34.2 Å². The third-order valence-corrected chi connectivity index (χ3v) is 4.34. The number of pyridine rings is 2. The SMILES string of the molecule is O=C(Nc1ccccn1)c1c2c(nc3ccc(Cl)cc13)CCC2. The highest BCUT2D eigenvalue weighted by molar-refractivity contribution is 6.31. The van der Waals surface area contributed by atoms with Crippen molar-refractivity contribution in [2.75, 3.05) is 5.32 Å². The predicted octanol–water partition coefficient (Wildman–Crippen LogP) is 4.02. The van der Waals surface area contributed by atoms with Crippen molar-refractivity contribution in [3.8, 4) is 0 Å². The number of fused-ring (bicyclic) bond motifs is 2. The molecule has 0 unspecified atom stereocenters. The maximum absolute atomic E-state index is 12.9. The lowest BCUT2D eigenvalue weighted by molar-refractivity contribution is 0.102. The summed E-state index contributed by atoms with van der Waals surface area (Å²) in [5.74, 6) is 0.382. The van der Waals surface area contributed by atoms with Crippen LogP contribution in [0.3, 0.4) is 0 Å². The number of halogens is 1. The van der Waals surface area contributed by atoms with E-state index < -0.39 is 0 Å². The van der Waals surface area contributed by atoms with Crippen molar-refractivity contribution in [1.82, 2.24) is 9.97 Å². The van der Waals surface area contributed by atoms with Gasteiger partial charge in [-0.1, -0.05) is 17.7 Å². The minimum Gasteiger partial charge on any atom is -0.307 e. The largest absolute Gasteiger partial charge is 0.307 e. The fourth-order valence-corrected chi connectivity index (χ4v) is 3.28. The summed E-state index contributed by atoms with van der Waals surface area (Å²) >= 11 is 6.13. The summed E-state index contributed by atoms with van der Waals surface area (Å²) in [6.45, 7) is 0. The van der Waals surface area contributed by atoms with E-state index >= 15 is 0 Å². The Bertz CT molecular complexity index is 909. The molecule has 5 heteroatoms. The first-order valence-corrected chi connectivity index (χ1v) is 7.93. The Kier molecular flexibility index (Phi) is 3.46. The van der Waals surface area contributed by atoms with Gasteiger partial charge in [0, 0.05) is 22.3 Å². The van der Waals surface area contributed by atoms with Crippen LogP contribution in [-0.2, 0) is 12.8 Å². The van der Waals surface area contributed by atoms with Gasteiger partial charge in [-0.3, -0.25) is 9.78 Å². The summed E-state index contributed by atoms with van der Waals surface area (Å²) in [6, 6.07) is 10.9. The number of amides is 1. The molecular weight excluding hydrogens is 310 g/mol. The highest BCUT2D eigenvalue weighted by atomic mass is 35.5. The molecule has 2 heterocycles. The molecule has 1 aromatic carbocycles. The molecule has 0 radical (unpaired) electrons. The van der Waals surface area contributed by atoms with Crippen LogP contribution in [-0.4, -0.2) is 15.9 Å². The molecule has 0 saturated carbocycles. The Morgan fingerprint density at radius 2 is 2.09 bits per heavy atom. The van der Waals surface area contributed by atoms with E-state index in [1.54, 1.807) is 18.3 Å². The predicted molar refractivity (Wildman–Crippen MR) is 91.0 cm³/mol. The Balaban J connectivity index is 1.87. The molecule has 1 aliphatic carbocycles. The number of nitrogens with zero attached hydrogens (tertiary/aromatic N) is 2. The summed E-state index contributed by atoms with van der Waals surface area (Å²) < 4.78 is 0. The monoisotopic (exact) mass is 323 g/mol. The van der Waals surface area contributed by atoms with Crippen LogP contribution >= 0.6 is 11.6 Å². The molecule has 1 N–H and O–H groups in total. The van der Waals surface area contributed by atoms with Gasteiger partial charge in [-0.15, -0.1) is 0 Å². The number of hydrogen-bond donors (Lipinski definition) is 1. The minimum absolute atomic E-state index is 0.156. The van der Waals surface area contributed by atoms with Crippen molar-refractivity contribution in [1.29, 1.82) is 0 Å². The number of rotatable bonds is 2. The molecule has 0 fully saturated rings. The van der Waals surface area contributed by atoms with Crippen LogP contribution in [0.2, 0.25) is 5.02 Å². The summed E-state index contributed by atoms with van der Waals surface area (Å²) in [4.78, 5) is 21.7. The van der Waals surface area contributed by atoms with E-state index in [0.717, 1.165) is 41.4 Å². The standard InChI is InChI=1S/C18H14ClN3O/c19-11-7-8-15-13(10-11)17(12-4-3-5-14(12)21-15)18(23)22-16-6-1-2-9-20-16/h1-2,6-10H,3-5H2,(H,20,22,23). The van der Waals surface area contributed by atoms with Crippen LogP contribution in [0.1, 0.15) is 28.0 Å². The average molecular weight is 324 g/mol. The van der Waals surface area contributed by atoms with Crippen molar-refractivity contribution < 1.29 is 4.79 Å². The van der Waals surface area contributed by atoms with Gasteiger partial charge in [0.05, 0.1) is 11.1 Å². The second kappa shape index (κ2) is 5.63. The number of carbonyl (C=O) groups excluding carboxylic acids is 1. The Morgan fingerprint density at radius 3 is 2.91 bits per heavy atom. The van der Waals surface area contributed by atoms with Gasteiger partial charge < -0.3 is 5.32 Å². The first kappa shape index (κ1) is 14.2. The lowest BCUT2D eigenvalue weighted by Crippen LogP contribution is -2.16. The quantitative estimate of drug-likeness (QED) is 0.774. The second-order valence-electron chi connectivity index (χ2n) is 5.60. The fraction of sp³-hybridized carbons (Fsp3) is 0.167. The number of benzene rings is 1. The van der Waals surface area contributed by atoms with E-state index in [9.17, 15) is 4.79 Å². The molecule has 0 aliphatic heterocycles. The Morgan fingerprint density at radius 1 is 1.17 bits per heavy atom. The topological polar surface area (TPSA) is 54.9 Å². The molecule has 1 amide bonds. The van der Waals surface area contributed by atoms with Gasteiger partial charge in [-0.05, 0) is 55.2 Å². The normalized spacial score (nSPS) is 13.1. The van der Waals surface area contributed by atoms with Crippen LogP contribution in [0.4, 0.5) is 5.82 Å². The molecule has 0 atom stereocenters. The molecule has 114 valence electrons. The Labute approximate surface area is 138 Å². The van der Waals surface area contributed by atoms with Crippen LogP contribution in [0.25, 0.3) is 10.9 Å². The maximum atomic E-state index is 12.9. The van der Waals surface area contributed by atoms with E-state index in [1.165, 1.54) is 0 Å².